The number of aliphatic hydroxyl groups excluding tert-OH is 1. The van der Waals surface area contributed by atoms with Gasteiger partial charge in [0.2, 0.25) is 5.91 Å². The van der Waals surface area contributed by atoms with Crippen LogP contribution in [0.2, 0.25) is 0 Å². The molecule has 3 aromatic carbocycles. The Balaban J connectivity index is 1.57. The van der Waals surface area contributed by atoms with Gasteiger partial charge in [0.15, 0.2) is 11.5 Å². The van der Waals surface area contributed by atoms with Crippen LogP contribution in [0, 0.1) is 11.8 Å². The molecule has 0 aliphatic heterocycles. The molecule has 1 fully saturated rings. The van der Waals surface area contributed by atoms with Gasteiger partial charge in [-0.1, -0.05) is 79.7 Å². The molecule has 9 heteroatoms. The van der Waals surface area contributed by atoms with Gasteiger partial charge in [-0.05, 0) is 60.8 Å². The van der Waals surface area contributed by atoms with E-state index in [1.807, 2.05) is 79.7 Å². The first-order chi connectivity index (χ1) is 21.9. The summed E-state index contributed by atoms with van der Waals surface area (Å²) in [6.45, 7) is 7.02. The fourth-order valence-corrected chi connectivity index (χ4v) is 5.61. The summed E-state index contributed by atoms with van der Waals surface area (Å²) in [5.41, 5.74) is 3.63. The molecule has 1 saturated carbocycles. The summed E-state index contributed by atoms with van der Waals surface area (Å²) in [7, 11) is 0. The van der Waals surface area contributed by atoms with Crippen LogP contribution < -0.4 is 20.1 Å². The van der Waals surface area contributed by atoms with Gasteiger partial charge in [-0.3, -0.25) is 9.59 Å². The molecule has 4 aromatic rings. The topological polar surface area (TPSA) is 123 Å². The van der Waals surface area contributed by atoms with E-state index in [0.717, 1.165) is 23.1 Å². The third-order valence-corrected chi connectivity index (χ3v) is 8.12. The Labute approximate surface area is 263 Å². The highest BCUT2D eigenvalue weighted by molar-refractivity contribution is 6.06. The summed E-state index contributed by atoms with van der Waals surface area (Å²) >= 11 is 0. The molecule has 236 valence electrons. The monoisotopic (exact) mass is 611 g/mol. The van der Waals surface area contributed by atoms with Gasteiger partial charge < -0.3 is 29.7 Å². The molecule has 2 atom stereocenters. The lowest BCUT2D eigenvalue weighted by Gasteiger charge is -2.19. The molecular formula is C36H41N3O6. The third-order valence-electron chi connectivity index (χ3n) is 8.12. The predicted octanol–water partition coefficient (Wildman–Crippen LogP) is 6.72. The lowest BCUT2D eigenvalue weighted by molar-refractivity contribution is -0.119. The molecule has 9 nitrogen and oxygen atoms in total. The van der Waals surface area contributed by atoms with Crippen molar-refractivity contribution in [2.45, 2.75) is 59.2 Å². The summed E-state index contributed by atoms with van der Waals surface area (Å²) in [4.78, 5) is 26.6. The molecule has 0 saturated heterocycles. The van der Waals surface area contributed by atoms with Crippen LogP contribution in [0.15, 0.2) is 77.3 Å². The zero-order chi connectivity index (χ0) is 31.8. The summed E-state index contributed by atoms with van der Waals surface area (Å²) in [5, 5.41) is 19.5. The summed E-state index contributed by atoms with van der Waals surface area (Å²) in [5.74, 6) is 0.510. The van der Waals surface area contributed by atoms with Crippen molar-refractivity contribution >= 4 is 17.5 Å². The Morgan fingerprint density at radius 3 is 2.18 bits per heavy atom. The lowest BCUT2D eigenvalue weighted by atomic mass is 9.97. The van der Waals surface area contributed by atoms with E-state index in [4.69, 9.17) is 14.0 Å². The van der Waals surface area contributed by atoms with Crippen LogP contribution in [0.4, 0.5) is 5.69 Å². The van der Waals surface area contributed by atoms with Gasteiger partial charge in [-0.25, -0.2) is 0 Å². The van der Waals surface area contributed by atoms with Crippen molar-refractivity contribution in [2.75, 3.05) is 18.5 Å². The Bertz CT molecular complexity index is 1590. The first-order valence-electron chi connectivity index (χ1n) is 15.6. The number of benzene rings is 3. The van der Waals surface area contributed by atoms with Crippen molar-refractivity contribution in [2.24, 2.45) is 11.8 Å². The maximum absolute atomic E-state index is 13.5. The quantitative estimate of drug-likeness (QED) is 0.153. The molecule has 45 heavy (non-hydrogen) atoms. The first kappa shape index (κ1) is 31.8. The normalized spacial score (nSPS) is 16.0. The molecule has 1 aliphatic carbocycles. The average molecular weight is 612 g/mol. The Morgan fingerprint density at radius 2 is 1.60 bits per heavy atom. The molecule has 0 spiro atoms. The van der Waals surface area contributed by atoms with Crippen LogP contribution in [-0.2, 0) is 18.0 Å². The zero-order valence-electron chi connectivity index (χ0n) is 26.0. The highest BCUT2D eigenvalue weighted by Gasteiger charge is 2.33. The molecule has 3 N–H and O–H groups in total. The maximum atomic E-state index is 13.5. The second kappa shape index (κ2) is 14.9. The summed E-state index contributed by atoms with van der Waals surface area (Å²) in [6.07, 6.45) is 2.01. The van der Waals surface area contributed by atoms with Gasteiger partial charge in [0.1, 0.15) is 30.4 Å². The Morgan fingerprint density at radius 1 is 0.956 bits per heavy atom. The Hall–Kier alpha value is -4.63. The Kier molecular flexibility index (Phi) is 10.5. The number of ether oxygens (including phenoxy) is 2. The third kappa shape index (κ3) is 7.72. The molecule has 0 radical (unpaired) electrons. The van der Waals surface area contributed by atoms with Gasteiger partial charge in [0.05, 0.1) is 5.56 Å². The largest absolute Gasteiger partial charge is 0.488 e. The molecule has 1 heterocycles. The number of nitrogens with one attached hydrogen (secondary N) is 2. The molecule has 1 aromatic heterocycles. The number of carbonyl (C=O) groups is 2. The van der Waals surface area contributed by atoms with Crippen molar-refractivity contribution in [1.29, 1.82) is 0 Å². The average Bonchev–Trinajstić information content (AvgIpc) is 3.71. The molecule has 1 aliphatic rings. The van der Waals surface area contributed by atoms with E-state index < -0.39 is 5.91 Å². The number of hydrogen-bond donors (Lipinski definition) is 3. The van der Waals surface area contributed by atoms with Crippen LogP contribution in [-0.4, -0.2) is 35.2 Å². The van der Waals surface area contributed by atoms with Gasteiger partial charge in [0.25, 0.3) is 5.91 Å². The molecule has 2 unspecified atom stereocenters. The lowest BCUT2D eigenvalue weighted by Crippen LogP contribution is -2.26. The van der Waals surface area contributed by atoms with E-state index in [-0.39, 0.29) is 54.0 Å². The molecular weight excluding hydrogens is 570 g/mol. The highest BCUT2D eigenvalue weighted by atomic mass is 16.5. The second-order valence-electron chi connectivity index (χ2n) is 11.7. The standard InChI is InChI=1S/C36H41N3O6/c1-4-37-36(42)33-32(38-35(41)27-16-15-26(17-27)20-40)34(45-39-33)29-18-28(23(2)3)30(43-21-24-11-7-5-8-12-24)19-31(29)44-22-25-13-9-6-10-14-25/h5-14,18-19,23,26-27,40H,4,15-17,20-22H2,1-3H3,(H,37,42)(H,38,41). The molecule has 2 amide bonds. The zero-order valence-corrected chi connectivity index (χ0v) is 26.0. The fourth-order valence-electron chi connectivity index (χ4n) is 5.61. The molecule has 0 bridgehead atoms. The molecule has 5 rings (SSSR count). The number of rotatable bonds is 13. The summed E-state index contributed by atoms with van der Waals surface area (Å²) < 4.78 is 18.6. The van der Waals surface area contributed by atoms with Crippen LogP contribution in [0.1, 0.15) is 73.1 Å². The van der Waals surface area contributed by atoms with Gasteiger partial charge in [-0.2, -0.15) is 0 Å². The van der Waals surface area contributed by atoms with Crippen molar-refractivity contribution in [3.63, 3.8) is 0 Å². The number of aromatic nitrogens is 1. The van der Waals surface area contributed by atoms with Crippen molar-refractivity contribution in [3.05, 3.63) is 95.2 Å². The number of hydrogen-bond acceptors (Lipinski definition) is 7. The number of nitrogens with zero attached hydrogens (tertiary/aromatic N) is 1. The van der Waals surface area contributed by atoms with Crippen molar-refractivity contribution in [3.8, 4) is 22.8 Å². The number of amides is 2. The fraction of sp³-hybridized carbons (Fsp3) is 0.361. The van der Waals surface area contributed by atoms with Crippen LogP contribution in [0.5, 0.6) is 11.5 Å². The predicted molar refractivity (Wildman–Crippen MR) is 172 cm³/mol. The number of anilines is 1. The van der Waals surface area contributed by atoms with Crippen LogP contribution >= 0.6 is 0 Å². The van der Waals surface area contributed by atoms with E-state index in [1.165, 1.54) is 0 Å². The van der Waals surface area contributed by atoms with Crippen molar-refractivity contribution < 1.29 is 28.7 Å². The van der Waals surface area contributed by atoms with E-state index in [0.29, 0.717) is 43.1 Å². The minimum Gasteiger partial charge on any atom is -0.488 e. The number of carbonyl (C=O) groups excluding carboxylic acids is 2. The van der Waals surface area contributed by atoms with E-state index in [2.05, 4.69) is 29.6 Å². The minimum atomic E-state index is -0.457. The smallest absolute Gasteiger partial charge is 0.275 e. The second-order valence-corrected chi connectivity index (χ2v) is 11.7. The van der Waals surface area contributed by atoms with Crippen LogP contribution in [0.3, 0.4) is 0 Å². The van der Waals surface area contributed by atoms with Crippen LogP contribution in [0.25, 0.3) is 11.3 Å². The highest BCUT2D eigenvalue weighted by Crippen LogP contribution is 2.44. The first-order valence-corrected chi connectivity index (χ1v) is 15.6. The van der Waals surface area contributed by atoms with E-state index >= 15 is 0 Å². The maximum Gasteiger partial charge on any atom is 0.275 e. The van der Waals surface area contributed by atoms with Gasteiger partial charge in [-0.15, -0.1) is 0 Å². The minimum absolute atomic E-state index is 0.0126. The van der Waals surface area contributed by atoms with Crippen molar-refractivity contribution in [1.82, 2.24) is 10.5 Å². The SMILES string of the molecule is CCNC(=O)c1noc(-c2cc(C(C)C)c(OCc3ccccc3)cc2OCc2ccccc2)c1NC(=O)C1CCC(CO)C1. The van der Waals surface area contributed by atoms with Gasteiger partial charge >= 0.3 is 0 Å². The number of aliphatic hydroxyl groups is 1. The van der Waals surface area contributed by atoms with E-state index in [9.17, 15) is 14.7 Å². The summed E-state index contributed by atoms with van der Waals surface area (Å²) in [6, 6.07) is 23.5. The van der Waals surface area contributed by atoms with Gasteiger partial charge in [0, 0.05) is 25.1 Å². The van der Waals surface area contributed by atoms with E-state index in [1.54, 1.807) is 0 Å².